The van der Waals surface area contributed by atoms with E-state index in [4.69, 9.17) is 10.5 Å². The molecule has 0 aromatic heterocycles. The van der Waals surface area contributed by atoms with Crippen LogP contribution in [0.2, 0.25) is 0 Å². The maximum Gasteiger partial charge on any atom is 0.278 e. The second kappa shape index (κ2) is 9.91. The Kier molecular flexibility index (Phi) is 7.20. The number of nitrogen functional groups attached to an aromatic ring is 1. The fourth-order valence-corrected chi connectivity index (χ4v) is 5.48. The smallest absolute Gasteiger partial charge is 0.278 e. The second-order valence-corrected chi connectivity index (χ2v) is 9.21. The van der Waals surface area contributed by atoms with Crippen molar-refractivity contribution in [3.05, 3.63) is 82.4 Å². The number of benzene rings is 3. The molecule has 0 radical (unpaired) electrons. The van der Waals surface area contributed by atoms with Crippen LogP contribution in [0.3, 0.4) is 0 Å². The van der Waals surface area contributed by atoms with Crippen molar-refractivity contribution in [2.24, 2.45) is 0 Å². The fourth-order valence-electron chi connectivity index (χ4n) is 3.75. The third-order valence-electron chi connectivity index (χ3n) is 5.38. The van der Waals surface area contributed by atoms with Crippen LogP contribution in [0.15, 0.2) is 64.4 Å². The highest BCUT2D eigenvalue weighted by Gasteiger charge is 2.34. The van der Waals surface area contributed by atoms with Gasteiger partial charge in [0.2, 0.25) is 9.84 Å². The average molecular weight is 486 g/mol. The summed E-state index contributed by atoms with van der Waals surface area (Å²) in [6.45, 7) is 1.43. The van der Waals surface area contributed by atoms with E-state index in [0.29, 0.717) is 5.75 Å². The molecule has 0 aliphatic carbocycles. The number of nitrogens with two attached hydrogens (primary N) is 1. The van der Waals surface area contributed by atoms with Crippen molar-refractivity contribution in [1.29, 1.82) is 0 Å². The van der Waals surface area contributed by atoms with E-state index in [1.54, 1.807) is 30.3 Å². The number of rotatable bonds is 7. The number of anilines is 1. The summed E-state index contributed by atoms with van der Waals surface area (Å²) in [6, 6.07) is 14.3. The van der Waals surface area contributed by atoms with E-state index in [9.17, 15) is 28.4 Å². The van der Waals surface area contributed by atoms with Crippen LogP contribution in [0.5, 0.6) is 5.75 Å². The molecular weight excluding hydrogens is 462 g/mol. The molecule has 10 nitrogen and oxygen atoms in total. The van der Waals surface area contributed by atoms with Gasteiger partial charge in [-0.2, -0.15) is 0 Å². The summed E-state index contributed by atoms with van der Waals surface area (Å²) < 4.78 is 32.5. The number of hydrogen-bond acceptors (Lipinski definition) is 8. The summed E-state index contributed by atoms with van der Waals surface area (Å²) in [5.41, 5.74) is 8.59. The summed E-state index contributed by atoms with van der Waals surface area (Å²) in [7, 11) is -2.94. The summed E-state index contributed by atoms with van der Waals surface area (Å²) in [4.78, 5) is 24.5. The van der Waals surface area contributed by atoms with Crippen molar-refractivity contribution in [2.75, 3.05) is 12.8 Å². The number of nitrogens with one attached hydrogen (secondary N) is 2. The van der Waals surface area contributed by atoms with Crippen molar-refractivity contribution in [3.8, 4) is 5.75 Å². The molecule has 2 amide bonds. The molecule has 0 heterocycles. The van der Waals surface area contributed by atoms with E-state index in [0.717, 1.165) is 5.56 Å². The minimum Gasteiger partial charge on any atom is -0.497 e. The first-order valence-corrected chi connectivity index (χ1v) is 11.4. The van der Waals surface area contributed by atoms with E-state index in [2.05, 4.69) is 0 Å². The van der Waals surface area contributed by atoms with Crippen LogP contribution >= 0.6 is 0 Å². The molecule has 0 unspecified atom stereocenters. The Morgan fingerprint density at radius 3 is 2.03 bits per heavy atom. The molecule has 6 N–H and O–H groups in total. The van der Waals surface area contributed by atoms with Crippen LogP contribution in [0, 0.1) is 6.92 Å². The number of amides is 2. The Labute approximate surface area is 195 Å². The zero-order valence-electron chi connectivity index (χ0n) is 18.3. The Bertz CT molecular complexity index is 1340. The highest BCUT2D eigenvalue weighted by molar-refractivity contribution is 7.91. The molecule has 34 heavy (non-hydrogen) atoms. The normalized spacial score (nSPS) is 11.1. The van der Waals surface area contributed by atoms with Crippen molar-refractivity contribution in [3.63, 3.8) is 0 Å². The van der Waals surface area contributed by atoms with Crippen molar-refractivity contribution >= 4 is 27.3 Å². The minimum absolute atomic E-state index is 0.0612. The van der Waals surface area contributed by atoms with E-state index in [1.807, 2.05) is 0 Å². The van der Waals surface area contributed by atoms with Crippen LogP contribution in [0.25, 0.3) is 0 Å². The number of ether oxygens (including phenoxy) is 1. The molecular formula is C23H23N3O7S. The van der Waals surface area contributed by atoms with Gasteiger partial charge in [-0.25, -0.2) is 19.4 Å². The second-order valence-electron chi connectivity index (χ2n) is 7.32. The van der Waals surface area contributed by atoms with Gasteiger partial charge in [-0.05, 0) is 54.3 Å². The fraction of sp³-hybridized carbons (Fsp3) is 0.130. The Morgan fingerprint density at radius 2 is 1.50 bits per heavy atom. The first kappa shape index (κ1) is 24.7. The first-order chi connectivity index (χ1) is 16.2. The summed E-state index contributed by atoms with van der Waals surface area (Å²) in [5.74, 6) is -1.85. The van der Waals surface area contributed by atoms with Gasteiger partial charge in [0.25, 0.3) is 11.8 Å². The number of sulfone groups is 1. The summed E-state index contributed by atoms with van der Waals surface area (Å²) >= 11 is 0. The average Bonchev–Trinajstić information content (AvgIpc) is 2.85. The predicted octanol–water partition coefficient (Wildman–Crippen LogP) is 2.25. The van der Waals surface area contributed by atoms with Gasteiger partial charge in [-0.3, -0.25) is 20.0 Å². The maximum absolute atomic E-state index is 13.7. The lowest BCUT2D eigenvalue weighted by Gasteiger charge is -2.22. The van der Waals surface area contributed by atoms with Gasteiger partial charge in [0, 0.05) is 0 Å². The Morgan fingerprint density at radius 1 is 0.941 bits per heavy atom. The lowest BCUT2D eigenvalue weighted by atomic mass is 9.90. The molecule has 3 aromatic rings. The molecule has 0 fully saturated rings. The molecule has 11 heteroatoms. The van der Waals surface area contributed by atoms with Crippen LogP contribution in [-0.4, -0.2) is 37.8 Å². The monoisotopic (exact) mass is 485 g/mol. The molecule has 0 atom stereocenters. The van der Waals surface area contributed by atoms with Crippen molar-refractivity contribution < 1.29 is 33.2 Å². The van der Waals surface area contributed by atoms with Gasteiger partial charge in [-0.1, -0.05) is 30.3 Å². The number of carbonyl (C=O) groups excluding carboxylic acids is 2. The first-order valence-electron chi connectivity index (χ1n) is 9.94. The van der Waals surface area contributed by atoms with Crippen LogP contribution in [-0.2, 0) is 16.3 Å². The zero-order chi connectivity index (χ0) is 25.0. The number of hydroxylamine groups is 2. The molecule has 0 bridgehead atoms. The molecule has 3 rings (SSSR count). The standard InChI is InChI=1S/C23H23N3O7S/c1-13-17(12-14-6-4-3-5-7-14)18(22(27)25-29)20(24)19(23(28)26-30)21(13)34(31,32)16-10-8-15(33-2)9-11-16/h3-11,29-30H,12,24H2,1-2H3,(H,25,27)(H,26,28). The van der Waals surface area contributed by atoms with Gasteiger partial charge in [-0.15, -0.1) is 0 Å². The molecule has 0 saturated carbocycles. The van der Waals surface area contributed by atoms with E-state index in [1.165, 1.54) is 49.3 Å². The van der Waals surface area contributed by atoms with E-state index in [-0.39, 0.29) is 28.0 Å². The molecule has 3 aromatic carbocycles. The number of hydrogen-bond donors (Lipinski definition) is 5. The zero-order valence-corrected chi connectivity index (χ0v) is 19.1. The van der Waals surface area contributed by atoms with Gasteiger partial charge in [0.05, 0.1) is 33.7 Å². The molecule has 0 aliphatic rings. The van der Waals surface area contributed by atoms with Gasteiger partial charge in [0.15, 0.2) is 0 Å². The van der Waals surface area contributed by atoms with Gasteiger partial charge < -0.3 is 10.5 Å². The van der Waals surface area contributed by atoms with Crippen molar-refractivity contribution in [2.45, 2.75) is 23.1 Å². The van der Waals surface area contributed by atoms with E-state index >= 15 is 0 Å². The third-order valence-corrected chi connectivity index (χ3v) is 7.32. The lowest BCUT2D eigenvalue weighted by molar-refractivity contribution is 0.0700. The van der Waals surface area contributed by atoms with Crippen LogP contribution in [0.4, 0.5) is 5.69 Å². The lowest BCUT2D eigenvalue weighted by Crippen LogP contribution is -2.29. The summed E-state index contributed by atoms with van der Waals surface area (Å²) in [6.07, 6.45) is 0.0752. The summed E-state index contributed by atoms with van der Waals surface area (Å²) in [5, 5.41) is 18.6. The van der Waals surface area contributed by atoms with Gasteiger partial charge in [0.1, 0.15) is 5.75 Å². The molecule has 0 spiro atoms. The topological polar surface area (TPSA) is 168 Å². The predicted molar refractivity (Wildman–Crippen MR) is 122 cm³/mol. The molecule has 0 saturated heterocycles. The van der Waals surface area contributed by atoms with Crippen LogP contribution < -0.4 is 21.4 Å². The quantitative estimate of drug-likeness (QED) is 0.193. The van der Waals surface area contributed by atoms with E-state index < -0.39 is 37.8 Å². The Balaban J connectivity index is 2.41. The SMILES string of the molecule is COc1ccc(S(=O)(=O)c2c(C)c(Cc3ccccc3)c(C(=O)NO)c(N)c2C(=O)NO)cc1. The third kappa shape index (κ3) is 4.44. The highest BCUT2D eigenvalue weighted by atomic mass is 32.2. The maximum atomic E-state index is 13.7. The number of methoxy groups -OCH3 is 1. The molecule has 178 valence electrons. The van der Waals surface area contributed by atoms with Crippen molar-refractivity contribution in [1.82, 2.24) is 11.0 Å². The Hall–Kier alpha value is -3.93. The largest absolute Gasteiger partial charge is 0.497 e. The van der Waals surface area contributed by atoms with Crippen LogP contribution in [0.1, 0.15) is 37.4 Å². The highest BCUT2D eigenvalue weighted by Crippen LogP contribution is 2.37. The van der Waals surface area contributed by atoms with Gasteiger partial charge >= 0.3 is 0 Å². The molecule has 0 aliphatic heterocycles. The minimum atomic E-state index is -4.37. The number of carbonyl (C=O) groups is 2.